The molecule has 0 fully saturated rings. The van der Waals surface area contributed by atoms with Crippen molar-refractivity contribution < 1.29 is 9.59 Å². The van der Waals surface area contributed by atoms with Gasteiger partial charge < -0.3 is 4.90 Å². The number of hydrogen-bond acceptors (Lipinski definition) is 3. The lowest BCUT2D eigenvalue weighted by molar-refractivity contribution is 0.0821. The van der Waals surface area contributed by atoms with Crippen molar-refractivity contribution in [3.8, 4) is 5.69 Å². The number of carbonyl (C=O) groups excluding carboxylic acids is 2. The highest BCUT2D eigenvalue weighted by atomic mass is 79.9. The molecule has 0 aliphatic rings. The molecule has 0 atom stereocenters. The molecule has 2 aromatic rings. The maximum absolute atomic E-state index is 11.8. The Morgan fingerprint density at radius 1 is 1.25 bits per heavy atom. The van der Waals surface area contributed by atoms with Crippen LogP contribution in [-0.2, 0) is 0 Å². The molecule has 0 radical (unpaired) electrons. The topological polar surface area (TPSA) is 55.2 Å². The molecule has 5 nitrogen and oxygen atoms in total. The van der Waals surface area contributed by atoms with Gasteiger partial charge in [-0.2, -0.15) is 5.10 Å². The summed E-state index contributed by atoms with van der Waals surface area (Å²) in [6, 6.07) is 6.93. The molecule has 1 heterocycles. The largest absolute Gasteiger partial charge is 0.343 e. The highest BCUT2D eigenvalue weighted by Gasteiger charge is 2.13. The van der Waals surface area contributed by atoms with Crippen LogP contribution in [0.15, 0.2) is 34.9 Å². The van der Waals surface area contributed by atoms with Crippen LogP contribution in [0.4, 0.5) is 0 Å². The first-order valence-corrected chi connectivity index (χ1v) is 6.77. The van der Waals surface area contributed by atoms with Gasteiger partial charge in [-0.25, -0.2) is 4.68 Å². The zero-order chi connectivity index (χ0) is 14.9. The van der Waals surface area contributed by atoms with E-state index in [1.165, 1.54) is 11.8 Å². The Morgan fingerprint density at radius 2 is 1.95 bits per heavy atom. The van der Waals surface area contributed by atoms with Crippen molar-refractivity contribution in [1.82, 2.24) is 14.7 Å². The predicted molar refractivity (Wildman–Crippen MR) is 79.3 cm³/mol. The number of Topliss-reactive ketones (excluding diaryl/α,β-unsaturated/α-hetero) is 1. The normalized spacial score (nSPS) is 10.4. The molecule has 104 valence electrons. The Morgan fingerprint density at radius 3 is 2.50 bits per heavy atom. The molecule has 6 heteroatoms. The zero-order valence-electron chi connectivity index (χ0n) is 11.4. The van der Waals surface area contributed by atoms with Gasteiger partial charge in [-0.15, -0.1) is 0 Å². The van der Waals surface area contributed by atoms with Crippen molar-refractivity contribution in [2.45, 2.75) is 6.92 Å². The highest BCUT2D eigenvalue weighted by Crippen LogP contribution is 2.22. The van der Waals surface area contributed by atoms with E-state index in [2.05, 4.69) is 21.0 Å². The van der Waals surface area contributed by atoms with Crippen LogP contribution in [0.5, 0.6) is 0 Å². The molecule has 1 amide bonds. The predicted octanol–water partition coefficient (Wildman–Crippen LogP) is 2.54. The molecule has 0 aliphatic heterocycles. The Kier molecular flexibility index (Phi) is 4.04. The highest BCUT2D eigenvalue weighted by molar-refractivity contribution is 9.10. The van der Waals surface area contributed by atoms with Gasteiger partial charge in [0.2, 0.25) is 0 Å². The molecule has 0 aliphatic carbocycles. The zero-order valence-corrected chi connectivity index (χ0v) is 13.0. The van der Waals surface area contributed by atoms with Gasteiger partial charge in [0.05, 0.1) is 5.69 Å². The average molecular weight is 336 g/mol. The maximum Gasteiger partial charge on any atom is 0.273 e. The van der Waals surface area contributed by atoms with Crippen molar-refractivity contribution in [3.05, 3.63) is 46.2 Å². The Balaban J connectivity index is 2.38. The van der Waals surface area contributed by atoms with Crippen LogP contribution in [0.25, 0.3) is 5.69 Å². The number of nitrogens with zero attached hydrogens (tertiary/aromatic N) is 3. The molecule has 1 aromatic heterocycles. The lowest BCUT2D eigenvalue weighted by Crippen LogP contribution is -2.22. The van der Waals surface area contributed by atoms with E-state index in [-0.39, 0.29) is 11.7 Å². The van der Waals surface area contributed by atoms with Crippen LogP contribution in [0.3, 0.4) is 0 Å². The van der Waals surface area contributed by atoms with Gasteiger partial charge in [0.1, 0.15) is 0 Å². The summed E-state index contributed by atoms with van der Waals surface area (Å²) in [6.07, 6.45) is 1.71. The molecule has 0 spiro atoms. The smallest absolute Gasteiger partial charge is 0.273 e. The minimum atomic E-state index is -0.153. The molecule has 20 heavy (non-hydrogen) atoms. The van der Waals surface area contributed by atoms with Crippen LogP contribution in [-0.4, -0.2) is 40.5 Å². The minimum Gasteiger partial charge on any atom is -0.343 e. The van der Waals surface area contributed by atoms with Gasteiger partial charge in [0.15, 0.2) is 11.5 Å². The summed E-state index contributed by atoms with van der Waals surface area (Å²) >= 11 is 3.42. The van der Waals surface area contributed by atoms with Crippen molar-refractivity contribution in [3.63, 3.8) is 0 Å². The lowest BCUT2D eigenvalue weighted by atomic mass is 10.1. The minimum absolute atomic E-state index is 0.00110. The standard InChI is InChI=1S/C14H14BrN3O2/c1-9(19)10-4-5-13(11(15)8-10)18-7-6-12(16-18)14(20)17(2)3/h4-8H,1-3H3. The van der Waals surface area contributed by atoms with E-state index in [4.69, 9.17) is 0 Å². The van der Waals surface area contributed by atoms with E-state index >= 15 is 0 Å². The second kappa shape index (κ2) is 5.58. The summed E-state index contributed by atoms with van der Waals surface area (Å²) in [4.78, 5) is 24.6. The summed E-state index contributed by atoms with van der Waals surface area (Å²) in [5.74, 6) is -0.151. The van der Waals surface area contributed by atoms with E-state index in [9.17, 15) is 9.59 Å². The molecule has 0 saturated carbocycles. The Hall–Kier alpha value is -1.95. The second-order valence-electron chi connectivity index (χ2n) is 4.57. The molecule has 0 bridgehead atoms. The first kappa shape index (κ1) is 14.5. The summed E-state index contributed by atoms with van der Waals surface area (Å²) in [5, 5.41) is 4.25. The van der Waals surface area contributed by atoms with Crippen LogP contribution >= 0.6 is 15.9 Å². The summed E-state index contributed by atoms with van der Waals surface area (Å²) in [6.45, 7) is 1.52. The fourth-order valence-electron chi connectivity index (χ4n) is 1.71. The summed E-state index contributed by atoms with van der Waals surface area (Å²) < 4.78 is 2.35. The second-order valence-corrected chi connectivity index (χ2v) is 5.42. The molecule has 2 rings (SSSR count). The molecule has 1 aromatic carbocycles. The number of amides is 1. The number of hydrogen-bond donors (Lipinski definition) is 0. The summed E-state index contributed by atoms with van der Waals surface area (Å²) in [7, 11) is 3.36. The van der Waals surface area contributed by atoms with E-state index in [0.29, 0.717) is 11.3 Å². The van der Waals surface area contributed by atoms with E-state index in [1.807, 2.05) is 0 Å². The van der Waals surface area contributed by atoms with Gasteiger partial charge in [0.25, 0.3) is 5.91 Å². The van der Waals surface area contributed by atoms with Crippen molar-refractivity contribution in [2.24, 2.45) is 0 Å². The molecular weight excluding hydrogens is 322 g/mol. The maximum atomic E-state index is 11.8. The third-order valence-corrected chi connectivity index (χ3v) is 3.45. The number of carbonyl (C=O) groups is 2. The monoisotopic (exact) mass is 335 g/mol. The van der Waals surface area contributed by atoms with Crippen LogP contribution in [0, 0.1) is 0 Å². The number of ketones is 1. The van der Waals surface area contributed by atoms with Gasteiger partial charge in [-0.3, -0.25) is 9.59 Å². The van der Waals surface area contributed by atoms with Gasteiger partial charge in [-0.05, 0) is 47.1 Å². The van der Waals surface area contributed by atoms with Crippen molar-refractivity contribution in [2.75, 3.05) is 14.1 Å². The quantitative estimate of drug-likeness (QED) is 0.810. The van der Waals surface area contributed by atoms with Crippen molar-refractivity contribution in [1.29, 1.82) is 0 Å². The van der Waals surface area contributed by atoms with Crippen LogP contribution in [0.1, 0.15) is 27.8 Å². The SMILES string of the molecule is CC(=O)c1ccc(-n2ccc(C(=O)N(C)C)n2)c(Br)c1. The number of aromatic nitrogens is 2. The average Bonchev–Trinajstić information content (AvgIpc) is 2.86. The third-order valence-electron chi connectivity index (χ3n) is 2.82. The van der Waals surface area contributed by atoms with Crippen LogP contribution < -0.4 is 0 Å². The molecule has 0 unspecified atom stereocenters. The van der Waals surface area contributed by atoms with E-state index in [0.717, 1.165) is 10.2 Å². The fraction of sp³-hybridized carbons (Fsp3) is 0.214. The lowest BCUT2D eigenvalue weighted by Gasteiger charge is -2.08. The Bertz CT molecular complexity index is 677. The van der Waals surface area contributed by atoms with Crippen molar-refractivity contribution >= 4 is 27.6 Å². The first-order valence-electron chi connectivity index (χ1n) is 5.98. The van der Waals surface area contributed by atoms with E-state index in [1.54, 1.807) is 49.2 Å². The van der Waals surface area contributed by atoms with Gasteiger partial charge in [0, 0.05) is 30.3 Å². The van der Waals surface area contributed by atoms with E-state index < -0.39 is 0 Å². The molecule has 0 N–H and O–H groups in total. The fourth-order valence-corrected chi connectivity index (χ4v) is 2.27. The first-order chi connectivity index (χ1) is 9.40. The third kappa shape index (κ3) is 2.80. The van der Waals surface area contributed by atoms with Crippen LogP contribution in [0.2, 0.25) is 0 Å². The number of halogens is 1. The van der Waals surface area contributed by atoms with Gasteiger partial charge >= 0.3 is 0 Å². The Labute approximate surface area is 125 Å². The molecular formula is C14H14BrN3O2. The van der Waals surface area contributed by atoms with Gasteiger partial charge in [-0.1, -0.05) is 0 Å². The summed E-state index contributed by atoms with van der Waals surface area (Å²) in [5.41, 5.74) is 1.77. The number of rotatable bonds is 3. The number of benzene rings is 1. The molecule has 0 saturated heterocycles.